The number of nitrogens with one attached hydrogen (secondary N) is 2. The summed E-state index contributed by atoms with van der Waals surface area (Å²) in [5.74, 6) is 0. The maximum absolute atomic E-state index is 12.1. The van der Waals surface area contributed by atoms with E-state index in [-0.39, 0.29) is 12.1 Å². The van der Waals surface area contributed by atoms with Crippen molar-refractivity contribution >= 4 is 22.5 Å². The molecule has 0 aliphatic heterocycles. The molecule has 2 aromatic heterocycles. The van der Waals surface area contributed by atoms with Gasteiger partial charge in [0, 0.05) is 23.3 Å². The summed E-state index contributed by atoms with van der Waals surface area (Å²) in [5.41, 5.74) is 2.85. The van der Waals surface area contributed by atoms with Crippen molar-refractivity contribution < 1.29 is 4.79 Å². The molecule has 0 fully saturated rings. The van der Waals surface area contributed by atoms with E-state index in [1.54, 1.807) is 12.4 Å². The van der Waals surface area contributed by atoms with Crippen LogP contribution in [0.5, 0.6) is 0 Å². The number of aromatic nitrogens is 2. The number of carbonyl (C=O) groups is 1. The van der Waals surface area contributed by atoms with E-state index in [0.717, 1.165) is 16.8 Å². The fourth-order valence-corrected chi connectivity index (χ4v) is 2.86. The minimum Gasteiger partial charge on any atom is -0.331 e. The molecule has 0 saturated heterocycles. The average Bonchev–Trinajstić information content (AvgIpc) is 3.04. The second-order valence-corrected chi connectivity index (χ2v) is 5.86. The number of urea groups is 1. The molecule has 2 amide bonds. The van der Waals surface area contributed by atoms with Gasteiger partial charge in [-0.15, -0.1) is 11.3 Å². The fraction of sp³-hybridized carbons (Fsp3) is 0.118. The Hall–Kier alpha value is -2.73. The fourth-order valence-electron chi connectivity index (χ4n) is 2.14. The molecule has 0 bridgehead atoms. The van der Waals surface area contributed by atoms with Gasteiger partial charge in [-0.2, -0.15) is 0 Å². The molecular weight excluding hydrogens is 308 g/mol. The lowest BCUT2D eigenvalue weighted by molar-refractivity contribution is 0.249. The van der Waals surface area contributed by atoms with Crippen LogP contribution in [-0.4, -0.2) is 16.0 Å². The van der Waals surface area contributed by atoms with Crippen molar-refractivity contribution in [1.82, 2.24) is 15.3 Å². The van der Waals surface area contributed by atoms with Crippen LogP contribution in [0.4, 0.5) is 9.93 Å². The molecule has 1 aromatic carbocycles. The number of pyridine rings is 1. The van der Waals surface area contributed by atoms with Crippen molar-refractivity contribution in [3.63, 3.8) is 0 Å². The normalized spacial score (nSPS) is 11.7. The molecule has 3 aromatic rings. The number of rotatable bonds is 4. The summed E-state index contributed by atoms with van der Waals surface area (Å²) in [6, 6.07) is 13.2. The Morgan fingerprint density at radius 1 is 1.13 bits per heavy atom. The predicted molar refractivity (Wildman–Crippen MR) is 92.4 cm³/mol. The first kappa shape index (κ1) is 15.2. The van der Waals surface area contributed by atoms with Crippen LogP contribution in [0, 0.1) is 0 Å². The average molecular weight is 324 g/mol. The van der Waals surface area contributed by atoms with Gasteiger partial charge in [-0.25, -0.2) is 9.78 Å². The first-order valence-corrected chi connectivity index (χ1v) is 8.09. The minimum atomic E-state index is -0.267. The summed E-state index contributed by atoms with van der Waals surface area (Å²) in [5, 5.41) is 8.15. The van der Waals surface area contributed by atoms with Gasteiger partial charge in [0.15, 0.2) is 5.13 Å². The highest BCUT2D eigenvalue weighted by Crippen LogP contribution is 2.24. The predicted octanol–water partition coefficient (Wildman–Crippen LogP) is 4.09. The summed E-state index contributed by atoms with van der Waals surface area (Å²) in [6.07, 6.45) is 3.44. The molecule has 6 heteroatoms. The van der Waals surface area contributed by atoms with Crippen LogP contribution in [0.3, 0.4) is 0 Å². The Kier molecular flexibility index (Phi) is 4.63. The highest BCUT2D eigenvalue weighted by atomic mass is 32.1. The third-order valence-corrected chi connectivity index (χ3v) is 4.11. The van der Waals surface area contributed by atoms with E-state index in [2.05, 4.69) is 20.6 Å². The number of hydrogen-bond acceptors (Lipinski definition) is 4. The quantitative estimate of drug-likeness (QED) is 0.759. The Morgan fingerprint density at radius 2 is 1.87 bits per heavy atom. The van der Waals surface area contributed by atoms with Gasteiger partial charge >= 0.3 is 6.03 Å². The monoisotopic (exact) mass is 324 g/mol. The maximum atomic E-state index is 12.1. The van der Waals surface area contributed by atoms with E-state index in [1.165, 1.54) is 11.3 Å². The summed E-state index contributed by atoms with van der Waals surface area (Å²) >= 11 is 1.39. The summed E-state index contributed by atoms with van der Waals surface area (Å²) in [6.45, 7) is 1.94. The zero-order valence-electron chi connectivity index (χ0n) is 12.6. The van der Waals surface area contributed by atoms with Crippen LogP contribution in [-0.2, 0) is 0 Å². The van der Waals surface area contributed by atoms with Crippen LogP contribution >= 0.6 is 11.3 Å². The lowest BCUT2D eigenvalue weighted by Crippen LogP contribution is -2.31. The van der Waals surface area contributed by atoms with E-state index in [0.29, 0.717) is 5.13 Å². The van der Waals surface area contributed by atoms with Gasteiger partial charge in [0.2, 0.25) is 0 Å². The lowest BCUT2D eigenvalue weighted by atomic mass is 10.1. The SMILES string of the molecule is C[C@H](NC(=O)Nc1nc(-c2ccncc2)cs1)c1ccccc1. The molecule has 1 atom stereocenters. The molecular formula is C17H16N4OS. The van der Waals surface area contributed by atoms with Crippen molar-refractivity contribution in [2.75, 3.05) is 5.32 Å². The number of amides is 2. The van der Waals surface area contributed by atoms with Gasteiger partial charge in [0.05, 0.1) is 11.7 Å². The van der Waals surface area contributed by atoms with Crippen LogP contribution in [0.15, 0.2) is 60.2 Å². The Labute approximate surface area is 138 Å². The molecule has 23 heavy (non-hydrogen) atoms. The number of nitrogens with zero attached hydrogens (tertiary/aromatic N) is 2. The van der Waals surface area contributed by atoms with Crippen LogP contribution in [0.2, 0.25) is 0 Å². The minimum absolute atomic E-state index is 0.0733. The standard InChI is InChI=1S/C17H16N4OS/c1-12(13-5-3-2-4-6-13)19-16(22)21-17-20-15(11-23-17)14-7-9-18-10-8-14/h2-12H,1H3,(H2,19,20,21,22)/t12-/m0/s1. The molecule has 0 saturated carbocycles. The second kappa shape index (κ2) is 7.02. The van der Waals surface area contributed by atoms with Crippen LogP contribution in [0.1, 0.15) is 18.5 Å². The summed E-state index contributed by atoms with van der Waals surface area (Å²) < 4.78 is 0. The van der Waals surface area contributed by atoms with Crippen molar-refractivity contribution in [2.24, 2.45) is 0 Å². The molecule has 0 aliphatic rings. The summed E-state index contributed by atoms with van der Waals surface area (Å²) in [4.78, 5) is 20.5. The molecule has 5 nitrogen and oxygen atoms in total. The Morgan fingerprint density at radius 3 is 2.61 bits per heavy atom. The molecule has 3 rings (SSSR count). The van der Waals surface area contributed by atoms with E-state index >= 15 is 0 Å². The lowest BCUT2D eigenvalue weighted by Gasteiger charge is -2.14. The molecule has 0 unspecified atom stereocenters. The van der Waals surface area contributed by atoms with Crippen molar-refractivity contribution in [3.8, 4) is 11.3 Å². The van der Waals surface area contributed by atoms with E-state index < -0.39 is 0 Å². The number of benzene rings is 1. The zero-order chi connectivity index (χ0) is 16.1. The zero-order valence-corrected chi connectivity index (χ0v) is 13.4. The van der Waals surface area contributed by atoms with Gasteiger partial charge in [-0.05, 0) is 24.6 Å². The summed E-state index contributed by atoms with van der Waals surface area (Å²) in [7, 11) is 0. The largest absolute Gasteiger partial charge is 0.331 e. The van der Waals surface area contributed by atoms with Crippen LogP contribution < -0.4 is 10.6 Å². The number of hydrogen-bond donors (Lipinski definition) is 2. The molecule has 0 radical (unpaired) electrons. The van der Waals surface area contributed by atoms with E-state index in [4.69, 9.17) is 0 Å². The Bertz CT molecular complexity index is 774. The van der Waals surface area contributed by atoms with Crippen molar-refractivity contribution in [3.05, 3.63) is 65.8 Å². The maximum Gasteiger partial charge on any atom is 0.321 e. The van der Waals surface area contributed by atoms with Crippen LogP contribution in [0.25, 0.3) is 11.3 Å². The molecule has 2 N–H and O–H groups in total. The van der Waals surface area contributed by atoms with E-state index in [1.807, 2.05) is 54.8 Å². The third kappa shape index (κ3) is 3.92. The van der Waals surface area contributed by atoms with Gasteiger partial charge < -0.3 is 5.32 Å². The molecule has 116 valence electrons. The Balaban J connectivity index is 1.61. The molecule has 0 aliphatic carbocycles. The van der Waals surface area contributed by atoms with Gasteiger partial charge in [-0.3, -0.25) is 10.3 Å². The third-order valence-electron chi connectivity index (χ3n) is 3.35. The van der Waals surface area contributed by atoms with Gasteiger partial charge in [0.25, 0.3) is 0 Å². The molecule has 2 heterocycles. The smallest absolute Gasteiger partial charge is 0.321 e. The highest BCUT2D eigenvalue weighted by molar-refractivity contribution is 7.14. The second-order valence-electron chi connectivity index (χ2n) is 5.00. The number of anilines is 1. The highest BCUT2D eigenvalue weighted by Gasteiger charge is 2.11. The number of thiazole rings is 1. The van der Waals surface area contributed by atoms with Crippen molar-refractivity contribution in [2.45, 2.75) is 13.0 Å². The van der Waals surface area contributed by atoms with E-state index in [9.17, 15) is 4.79 Å². The first-order chi connectivity index (χ1) is 11.2. The number of carbonyl (C=O) groups excluding carboxylic acids is 1. The molecule has 0 spiro atoms. The topological polar surface area (TPSA) is 66.9 Å². The first-order valence-electron chi connectivity index (χ1n) is 7.21. The van der Waals surface area contributed by atoms with Crippen molar-refractivity contribution in [1.29, 1.82) is 0 Å². The van der Waals surface area contributed by atoms with Gasteiger partial charge in [0.1, 0.15) is 0 Å². The van der Waals surface area contributed by atoms with Gasteiger partial charge in [-0.1, -0.05) is 30.3 Å².